The SMILES string of the molecule is O=C(NC1CC1)C(=O)[C@H](C[C@@H]1CCNC1=O)NC(=O)[C@@H]1Cc2ccccc2CN1C(=O)COc1ccc(OCc2ccccc2)cc1. The zero-order chi connectivity index (χ0) is 32.8. The van der Waals surface area contributed by atoms with Gasteiger partial charge in [-0.25, -0.2) is 0 Å². The van der Waals surface area contributed by atoms with Gasteiger partial charge in [0, 0.05) is 31.5 Å². The average molecular weight is 639 g/mol. The third-order valence-electron chi connectivity index (χ3n) is 8.76. The first kappa shape index (κ1) is 31.8. The molecule has 1 saturated heterocycles. The Morgan fingerprint density at radius 1 is 0.851 bits per heavy atom. The molecule has 1 aliphatic carbocycles. The topological polar surface area (TPSA) is 143 Å². The summed E-state index contributed by atoms with van der Waals surface area (Å²) in [4.78, 5) is 67.3. The number of Topliss-reactive ketones (excluding diaryl/α,β-unsaturated/α-hetero) is 1. The first-order valence-electron chi connectivity index (χ1n) is 16.0. The second-order valence-electron chi connectivity index (χ2n) is 12.2. The van der Waals surface area contributed by atoms with Crippen LogP contribution in [0.15, 0.2) is 78.9 Å². The molecule has 244 valence electrons. The molecule has 0 aromatic heterocycles. The van der Waals surface area contributed by atoms with Crippen LogP contribution in [0, 0.1) is 5.92 Å². The van der Waals surface area contributed by atoms with E-state index in [4.69, 9.17) is 9.47 Å². The number of ether oxygens (including phenoxy) is 2. The van der Waals surface area contributed by atoms with Gasteiger partial charge in [-0.05, 0) is 66.6 Å². The molecule has 0 unspecified atom stereocenters. The normalized spacial score (nSPS) is 19.1. The first-order chi connectivity index (χ1) is 22.8. The number of ketones is 1. The van der Waals surface area contributed by atoms with Gasteiger partial charge in [-0.15, -0.1) is 0 Å². The van der Waals surface area contributed by atoms with Crippen molar-refractivity contribution in [2.24, 2.45) is 5.92 Å². The van der Waals surface area contributed by atoms with E-state index in [9.17, 15) is 24.0 Å². The molecule has 3 aromatic carbocycles. The summed E-state index contributed by atoms with van der Waals surface area (Å²) in [7, 11) is 0. The third kappa shape index (κ3) is 8.16. The molecule has 11 heteroatoms. The van der Waals surface area contributed by atoms with Gasteiger partial charge < -0.3 is 30.3 Å². The predicted octanol–water partition coefficient (Wildman–Crippen LogP) is 2.46. The van der Waals surface area contributed by atoms with Crippen LogP contribution in [-0.2, 0) is 43.5 Å². The molecule has 4 amide bonds. The molecule has 0 radical (unpaired) electrons. The van der Waals surface area contributed by atoms with E-state index in [-0.39, 0.29) is 37.9 Å². The van der Waals surface area contributed by atoms with Crippen molar-refractivity contribution in [2.45, 2.75) is 63.4 Å². The quantitative estimate of drug-likeness (QED) is 0.244. The molecule has 11 nitrogen and oxygen atoms in total. The molecule has 2 heterocycles. The summed E-state index contributed by atoms with van der Waals surface area (Å²) in [5, 5.41) is 8.18. The molecule has 2 aliphatic heterocycles. The fourth-order valence-corrected chi connectivity index (χ4v) is 5.92. The van der Waals surface area contributed by atoms with Gasteiger partial charge >= 0.3 is 0 Å². The fraction of sp³-hybridized carbons (Fsp3) is 0.361. The molecule has 3 aromatic rings. The van der Waals surface area contributed by atoms with Crippen molar-refractivity contribution in [3.05, 3.63) is 95.6 Å². The zero-order valence-corrected chi connectivity index (χ0v) is 26.0. The number of hydrogen-bond donors (Lipinski definition) is 3. The Bertz CT molecular complexity index is 1620. The van der Waals surface area contributed by atoms with Gasteiger partial charge in [0.15, 0.2) is 6.61 Å². The van der Waals surface area contributed by atoms with Crippen molar-refractivity contribution in [3.63, 3.8) is 0 Å². The summed E-state index contributed by atoms with van der Waals surface area (Å²) in [5.74, 6) is -2.14. The number of carbonyl (C=O) groups is 5. The van der Waals surface area contributed by atoms with Gasteiger partial charge in [0.1, 0.15) is 24.1 Å². The monoisotopic (exact) mass is 638 g/mol. The molecule has 47 heavy (non-hydrogen) atoms. The molecule has 3 N–H and O–H groups in total. The Balaban J connectivity index is 1.12. The van der Waals surface area contributed by atoms with Crippen LogP contribution in [-0.4, -0.2) is 65.6 Å². The lowest BCUT2D eigenvalue weighted by Gasteiger charge is -2.36. The largest absolute Gasteiger partial charge is 0.489 e. The Kier molecular flexibility index (Phi) is 9.80. The molecule has 0 spiro atoms. The second-order valence-corrected chi connectivity index (χ2v) is 12.2. The van der Waals surface area contributed by atoms with E-state index in [2.05, 4.69) is 16.0 Å². The smallest absolute Gasteiger partial charge is 0.289 e. The summed E-state index contributed by atoms with van der Waals surface area (Å²) >= 11 is 0. The molecular formula is C36H38N4O7. The number of benzene rings is 3. The van der Waals surface area contributed by atoms with E-state index in [1.807, 2.05) is 54.6 Å². The molecule has 6 rings (SSSR count). The zero-order valence-electron chi connectivity index (χ0n) is 26.0. The number of amides is 4. The minimum atomic E-state index is -1.21. The number of nitrogens with one attached hydrogen (secondary N) is 3. The minimum Gasteiger partial charge on any atom is -0.489 e. The average Bonchev–Trinajstić information content (AvgIpc) is 3.83. The van der Waals surface area contributed by atoms with Crippen LogP contribution in [0.2, 0.25) is 0 Å². The van der Waals surface area contributed by atoms with Gasteiger partial charge in [-0.3, -0.25) is 24.0 Å². The van der Waals surface area contributed by atoms with Crippen LogP contribution in [0.5, 0.6) is 11.5 Å². The number of rotatable bonds is 13. The summed E-state index contributed by atoms with van der Waals surface area (Å²) < 4.78 is 11.6. The summed E-state index contributed by atoms with van der Waals surface area (Å²) in [6.45, 7) is 0.752. The maximum atomic E-state index is 13.9. The van der Waals surface area contributed by atoms with E-state index in [0.29, 0.717) is 31.1 Å². The Morgan fingerprint density at radius 3 is 2.21 bits per heavy atom. The maximum absolute atomic E-state index is 13.9. The number of fused-ring (bicyclic) bond motifs is 1. The highest BCUT2D eigenvalue weighted by molar-refractivity contribution is 6.38. The van der Waals surface area contributed by atoms with E-state index < -0.39 is 41.5 Å². The maximum Gasteiger partial charge on any atom is 0.289 e. The van der Waals surface area contributed by atoms with E-state index in [0.717, 1.165) is 29.5 Å². The lowest BCUT2D eigenvalue weighted by molar-refractivity contribution is -0.145. The summed E-state index contributed by atoms with van der Waals surface area (Å²) in [5.41, 5.74) is 2.86. The highest BCUT2D eigenvalue weighted by atomic mass is 16.5. The predicted molar refractivity (Wildman–Crippen MR) is 171 cm³/mol. The Morgan fingerprint density at radius 2 is 1.53 bits per heavy atom. The van der Waals surface area contributed by atoms with Crippen molar-refractivity contribution in [1.29, 1.82) is 0 Å². The summed E-state index contributed by atoms with van der Waals surface area (Å²) in [6, 6.07) is 22.1. The third-order valence-corrected chi connectivity index (χ3v) is 8.76. The molecule has 3 aliphatic rings. The number of carbonyl (C=O) groups excluding carboxylic acids is 5. The first-order valence-corrected chi connectivity index (χ1v) is 16.0. The molecule has 0 bridgehead atoms. The van der Waals surface area contributed by atoms with Crippen LogP contribution < -0.4 is 25.4 Å². The number of nitrogens with zero attached hydrogens (tertiary/aromatic N) is 1. The fourth-order valence-electron chi connectivity index (χ4n) is 5.92. The Hall–Kier alpha value is -5.19. The van der Waals surface area contributed by atoms with Gasteiger partial charge in [0.05, 0.1) is 6.04 Å². The molecule has 2 fully saturated rings. The van der Waals surface area contributed by atoms with E-state index in [1.165, 1.54) is 4.90 Å². The van der Waals surface area contributed by atoms with Crippen LogP contribution >= 0.6 is 0 Å². The lowest BCUT2D eigenvalue weighted by atomic mass is 9.92. The summed E-state index contributed by atoms with van der Waals surface area (Å²) in [6.07, 6.45) is 2.32. The van der Waals surface area contributed by atoms with Crippen molar-refractivity contribution < 1.29 is 33.4 Å². The van der Waals surface area contributed by atoms with Gasteiger partial charge in [-0.1, -0.05) is 54.6 Å². The van der Waals surface area contributed by atoms with Crippen molar-refractivity contribution >= 4 is 29.4 Å². The molecular weight excluding hydrogens is 600 g/mol. The lowest BCUT2D eigenvalue weighted by Crippen LogP contribution is -2.57. The van der Waals surface area contributed by atoms with Crippen LogP contribution in [0.3, 0.4) is 0 Å². The van der Waals surface area contributed by atoms with E-state index in [1.54, 1.807) is 24.3 Å². The molecule has 1 saturated carbocycles. The second kappa shape index (κ2) is 14.5. The van der Waals surface area contributed by atoms with Crippen molar-refractivity contribution in [3.8, 4) is 11.5 Å². The van der Waals surface area contributed by atoms with Crippen LogP contribution in [0.25, 0.3) is 0 Å². The highest BCUT2D eigenvalue weighted by Crippen LogP contribution is 2.26. The minimum absolute atomic E-state index is 0.0000832. The number of hydrogen-bond acceptors (Lipinski definition) is 7. The molecule has 3 atom stereocenters. The van der Waals surface area contributed by atoms with Crippen molar-refractivity contribution in [2.75, 3.05) is 13.2 Å². The van der Waals surface area contributed by atoms with E-state index >= 15 is 0 Å². The Labute approximate surface area is 273 Å². The highest BCUT2D eigenvalue weighted by Gasteiger charge is 2.40. The van der Waals surface area contributed by atoms with Gasteiger partial charge in [0.25, 0.3) is 11.8 Å². The van der Waals surface area contributed by atoms with Crippen LogP contribution in [0.1, 0.15) is 42.4 Å². The van der Waals surface area contributed by atoms with Crippen LogP contribution in [0.4, 0.5) is 0 Å². The standard InChI is InChI=1S/C36H38N4O7/c41-32(22-47-29-14-12-28(13-15-29)46-21-23-6-2-1-3-7-23)40-20-26-9-5-4-8-24(26)19-31(40)35(44)39-30(18-25-16-17-37-34(25)43)33(42)36(45)38-27-10-11-27/h1-9,12-15,25,27,30-31H,10-11,16-22H2,(H,37,43)(H,38,45)(H,39,44)/t25-,30-,31-/m0/s1. The van der Waals surface area contributed by atoms with Gasteiger partial charge in [0.2, 0.25) is 17.6 Å². The van der Waals surface area contributed by atoms with Gasteiger partial charge in [-0.2, -0.15) is 0 Å². The van der Waals surface area contributed by atoms with Crippen molar-refractivity contribution in [1.82, 2.24) is 20.9 Å².